The molecule has 0 saturated carbocycles. The summed E-state index contributed by atoms with van der Waals surface area (Å²) in [6, 6.07) is 8.58. The highest BCUT2D eigenvalue weighted by atomic mass is 35.5. The molecule has 2 rings (SSSR count). The second kappa shape index (κ2) is 7.00. The summed E-state index contributed by atoms with van der Waals surface area (Å²) >= 11 is 6.73. The Morgan fingerprint density at radius 2 is 1.96 bits per heavy atom. The highest BCUT2D eigenvalue weighted by molar-refractivity contribution is 7.91. The standard InChI is InChI=1S/C15H17ClN2O3S2/c1-10-4-5-12(11(2)8-10)17-14(19)9-18(3)23(20,21)15-7-6-13(16)22-15/h4-8H,9H2,1-3H3,(H,17,19). The van der Waals surface area contributed by atoms with Gasteiger partial charge in [-0.15, -0.1) is 11.3 Å². The topological polar surface area (TPSA) is 66.5 Å². The first-order chi connectivity index (χ1) is 10.7. The van der Waals surface area contributed by atoms with E-state index in [0.717, 1.165) is 26.8 Å². The molecule has 0 unspecified atom stereocenters. The van der Waals surface area contributed by atoms with Gasteiger partial charge < -0.3 is 5.32 Å². The van der Waals surface area contributed by atoms with E-state index in [1.807, 2.05) is 26.0 Å². The molecule has 1 heterocycles. The summed E-state index contributed by atoms with van der Waals surface area (Å²) in [7, 11) is -2.35. The van der Waals surface area contributed by atoms with E-state index in [4.69, 9.17) is 11.6 Å². The molecule has 1 aromatic heterocycles. The quantitative estimate of drug-likeness (QED) is 0.875. The number of benzene rings is 1. The van der Waals surface area contributed by atoms with E-state index in [1.165, 1.54) is 19.2 Å². The van der Waals surface area contributed by atoms with Crippen LogP contribution >= 0.6 is 22.9 Å². The number of nitrogens with zero attached hydrogens (tertiary/aromatic N) is 1. The van der Waals surface area contributed by atoms with Crippen molar-refractivity contribution in [2.75, 3.05) is 18.9 Å². The first kappa shape index (κ1) is 17.9. The molecule has 0 aliphatic carbocycles. The third kappa shape index (κ3) is 4.32. The number of carbonyl (C=O) groups excluding carboxylic acids is 1. The minimum absolute atomic E-state index is 0.115. The van der Waals surface area contributed by atoms with Crippen molar-refractivity contribution >= 4 is 44.6 Å². The average molecular weight is 373 g/mol. The van der Waals surface area contributed by atoms with Crippen LogP contribution in [0.1, 0.15) is 11.1 Å². The van der Waals surface area contributed by atoms with Gasteiger partial charge in [0.15, 0.2) is 0 Å². The number of hydrogen-bond donors (Lipinski definition) is 1. The minimum atomic E-state index is -3.72. The smallest absolute Gasteiger partial charge is 0.252 e. The molecule has 0 atom stereocenters. The van der Waals surface area contributed by atoms with Crippen LogP contribution in [0.15, 0.2) is 34.5 Å². The van der Waals surface area contributed by atoms with Crippen molar-refractivity contribution in [3.63, 3.8) is 0 Å². The van der Waals surface area contributed by atoms with Crippen molar-refractivity contribution in [2.45, 2.75) is 18.1 Å². The SMILES string of the molecule is Cc1ccc(NC(=O)CN(C)S(=O)(=O)c2ccc(Cl)s2)c(C)c1. The molecule has 23 heavy (non-hydrogen) atoms. The van der Waals surface area contributed by atoms with Crippen LogP contribution in [0.3, 0.4) is 0 Å². The summed E-state index contributed by atoms with van der Waals surface area (Å²) in [5.74, 6) is -0.398. The van der Waals surface area contributed by atoms with Crippen LogP contribution in [0.4, 0.5) is 5.69 Å². The van der Waals surface area contributed by atoms with Crippen LogP contribution in [0, 0.1) is 13.8 Å². The van der Waals surface area contributed by atoms with Crippen LogP contribution in [-0.4, -0.2) is 32.2 Å². The third-order valence-electron chi connectivity index (χ3n) is 3.24. The maximum Gasteiger partial charge on any atom is 0.252 e. The summed E-state index contributed by atoms with van der Waals surface area (Å²) in [4.78, 5) is 12.1. The maximum atomic E-state index is 12.3. The van der Waals surface area contributed by atoms with Gasteiger partial charge in [0, 0.05) is 12.7 Å². The number of likely N-dealkylation sites (N-methyl/N-ethyl adjacent to an activating group) is 1. The Kier molecular flexibility index (Phi) is 5.46. The Balaban J connectivity index is 2.07. The van der Waals surface area contributed by atoms with Gasteiger partial charge in [-0.3, -0.25) is 4.79 Å². The van der Waals surface area contributed by atoms with E-state index in [9.17, 15) is 13.2 Å². The Labute approximate surface area is 144 Å². The maximum absolute atomic E-state index is 12.3. The van der Waals surface area contributed by atoms with Crippen LogP contribution in [0.2, 0.25) is 4.34 Å². The third-order valence-corrected chi connectivity index (χ3v) is 6.74. The number of sulfonamides is 1. The Bertz CT molecular complexity index is 831. The molecule has 5 nitrogen and oxygen atoms in total. The van der Waals surface area contributed by atoms with Gasteiger partial charge in [-0.1, -0.05) is 29.3 Å². The highest BCUT2D eigenvalue weighted by Crippen LogP contribution is 2.27. The molecule has 1 amide bonds. The molecule has 124 valence electrons. The predicted octanol–water partition coefficient (Wildman–Crippen LogP) is 3.28. The van der Waals surface area contributed by atoms with Crippen molar-refractivity contribution < 1.29 is 13.2 Å². The second-order valence-electron chi connectivity index (χ2n) is 5.19. The van der Waals surface area contributed by atoms with Gasteiger partial charge in [0.1, 0.15) is 4.21 Å². The molecule has 0 bridgehead atoms. The second-order valence-corrected chi connectivity index (χ2v) is 9.17. The van der Waals surface area contributed by atoms with Crippen molar-refractivity contribution in [3.8, 4) is 0 Å². The molecule has 8 heteroatoms. The monoisotopic (exact) mass is 372 g/mol. The first-order valence-electron chi connectivity index (χ1n) is 6.79. The van der Waals surface area contributed by atoms with Gasteiger partial charge in [-0.25, -0.2) is 8.42 Å². The van der Waals surface area contributed by atoms with E-state index in [0.29, 0.717) is 10.0 Å². The lowest BCUT2D eigenvalue weighted by Crippen LogP contribution is -2.34. The van der Waals surface area contributed by atoms with Crippen LogP contribution in [0.5, 0.6) is 0 Å². The number of thiophene rings is 1. The fraction of sp³-hybridized carbons (Fsp3) is 0.267. The summed E-state index contributed by atoms with van der Waals surface area (Å²) < 4.78 is 26.2. The molecule has 0 saturated heterocycles. The molecule has 1 aromatic carbocycles. The summed E-state index contributed by atoms with van der Waals surface area (Å²) in [5, 5.41) is 2.73. The number of nitrogens with one attached hydrogen (secondary N) is 1. The number of aryl methyl sites for hydroxylation is 2. The number of amides is 1. The molecule has 0 radical (unpaired) electrons. The number of rotatable bonds is 5. The zero-order valence-electron chi connectivity index (χ0n) is 13.0. The highest BCUT2D eigenvalue weighted by Gasteiger charge is 2.24. The number of hydrogen-bond acceptors (Lipinski definition) is 4. The van der Waals surface area contributed by atoms with Gasteiger partial charge in [0.2, 0.25) is 5.91 Å². The van der Waals surface area contributed by atoms with E-state index in [1.54, 1.807) is 6.07 Å². The van der Waals surface area contributed by atoms with Gasteiger partial charge in [0.25, 0.3) is 10.0 Å². The molecule has 0 fully saturated rings. The normalized spacial score (nSPS) is 11.7. The van der Waals surface area contributed by atoms with Crippen LogP contribution < -0.4 is 5.32 Å². The average Bonchev–Trinajstić information content (AvgIpc) is 2.89. The number of halogens is 1. The predicted molar refractivity (Wildman–Crippen MR) is 93.7 cm³/mol. The molecule has 0 spiro atoms. The summed E-state index contributed by atoms with van der Waals surface area (Å²) in [6.45, 7) is 3.58. The Morgan fingerprint density at radius 3 is 2.52 bits per heavy atom. The number of anilines is 1. The molecule has 2 aromatic rings. The van der Waals surface area contributed by atoms with Gasteiger partial charge >= 0.3 is 0 Å². The Hall–Kier alpha value is -1.41. The van der Waals surface area contributed by atoms with Crippen molar-refractivity contribution in [1.82, 2.24) is 4.31 Å². The summed E-state index contributed by atoms with van der Waals surface area (Å²) in [6.07, 6.45) is 0. The lowest BCUT2D eigenvalue weighted by molar-refractivity contribution is -0.116. The van der Waals surface area contributed by atoms with Crippen molar-refractivity contribution in [3.05, 3.63) is 45.8 Å². The van der Waals surface area contributed by atoms with E-state index >= 15 is 0 Å². The minimum Gasteiger partial charge on any atom is -0.325 e. The fourth-order valence-electron chi connectivity index (χ4n) is 2.02. The van der Waals surface area contributed by atoms with Gasteiger partial charge in [0.05, 0.1) is 10.9 Å². The van der Waals surface area contributed by atoms with Gasteiger partial charge in [-0.2, -0.15) is 4.31 Å². The van der Waals surface area contributed by atoms with E-state index < -0.39 is 15.9 Å². The van der Waals surface area contributed by atoms with Crippen LogP contribution in [-0.2, 0) is 14.8 Å². The van der Waals surface area contributed by atoms with E-state index in [-0.39, 0.29) is 10.8 Å². The number of carbonyl (C=O) groups is 1. The fourth-order valence-corrected chi connectivity index (χ4v) is 4.84. The van der Waals surface area contributed by atoms with Gasteiger partial charge in [-0.05, 0) is 37.6 Å². The largest absolute Gasteiger partial charge is 0.325 e. The van der Waals surface area contributed by atoms with E-state index in [2.05, 4.69) is 5.32 Å². The van der Waals surface area contributed by atoms with Crippen molar-refractivity contribution in [2.24, 2.45) is 0 Å². The molecule has 0 aliphatic rings. The zero-order valence-corrected chi connectivity index (χ0v) is 15.3. The molecular weight excluding hydrogens is 356 g/mol. The van der Waals surface area contributed by atoms with Crippen molar-refractivity contribution in [1.29, 1.82) is 0 Å². The zero-order chi connectivity index (χ0) is 17.2. The lowest BCUT2D eigenvalue weighted by Gasteiger charge is -2.16. The summed E-state index contributed by atoms with van der Waals surface area (Å²) in [5.41, 5.74) is 2.69. The van der Waals surface area contributed by atoms with Crippen LogP contribution in [0.25, 0.3) is 0 Å². The molecular formula is C15H17ClN2O3S2. The molecule has 1 N–H and O–H groups in total. The first-order valence-corrected chi connectivity index (χ1v) is 9.42. The Morgan fingerprint density at radius 1 is 1.26 bits per heavy atom. The lowest BCUT2D eigenvalue weighted by atomic mass is 10.1. The molecule has 0 aliphatic heterocycles.